The van der Waals surface area contributed by atoms with Gasteiger partial charge in [0.05, 0.1) is 36.5 Å². The predicted molar refractivity (Wildman–Crippen MR) is 117 cm³/mol. The molecule has 0 saturated heterocycles. The van der Waals surface area contributed by atoms with Crippen LogP contribution in [0.15, 0.2) is 42.5 Å². The van der Waals surface area contributed by atoms with Crippen molar-refractivity contribution in [3.05, 3.63) is 48.2 Å². The summed E-state index contributed by atoms with van der Waals surface area (Å²) in [6, 6.07) is 13.0. The minimum atomic E-state index is -0.355. The van der Waals surface area contributed by atoms with Crippen LogP contribution in [0.4, 0.5) is 5.13 Å². The number of hydrogen-bond acceptors (Lipinski definition) is 6. The van der Waals surface area contributed by atoms with Crippen molar-refractivity contribution >= 4 is 49.4 Å². The molecule has 0 aliphatic carbocycles. The Morgan fingerprint density at radius 1 is 1.10 bits per heavy atom. The Bertz CT molecular complexity index is 1230. The molecule has 0 unspecified atom stereocenters. The Labute approximate surface area is 176 Å². The fraction of sp³-hybridized carbons (Fsp3) is 0.190. The van der Waals surface area contributed by atoms with E-state index in [0.29, 0.717) is 22.3 Å². The molecular weight excluding hydrogens is 404 g/mol. The minimum absolute atomic E-state index is 0.164. The van der Waals surface area contributed by atoms with Crippen molar-refractivity contribution in [2.24, 2.45) is 7.05 Å². The highest BCUT2D eigenvalue weighted by Gasteiger charge is 2.17. The molecule has 2 N–H and O–H groups in total. The Balaban J connectivity index is 1.46. The molecule has 0 aliphatic heterocycles. The summed E-state index contributed by atoms with van der Waals surface area (Å²) in [6.45, 7) is -0.164. The third-order valence-electron chi connectivity index (χ3n) is 4.73. The normalized spacial score (nSPS) is 10.9. The molecule has 0 atom stereocenters. The topological polar surface area (TPSA) is 94.5 Å². The second kappa shape index (κ2) is 8.03. The van der Waals surface area contributed by atoms with E-state index in [1.54, 1.807) is 31.9 Å². The number of anilines is 1. The van der Waals surface area contributed by atoms with Gasteiger partial charge in [0.25, 0.3) is 5.91 Å². The van der Waals surface area contributed by atoms with E-state index in [4.69, 9.17) is 9.47 Å². The summed E-state index contributed by atoms with van der Waals surface area (Å²) < 4.78 is 13.4. The number of thiazole rings is 1. The molecule has 8 nitrogen and oxygen atoms in total. The van der Waals surface area contributed by atoms with E-state index < -0.39 is 0 Å². The fourth-order valence-electron chi connectivity index (χ4n) is 3.22. The summed E-state index contributed by atoms with van der Waals surface area (Å²) in [7, 11) is 4.90. The third kappa shape index (κ3) is 3.67. The van der Waals surface area contributed by atoms with E-state index in [0.717, 1.165) is 21.1 Å². The zero-order chi connectivity index (χ0) is 21.3. The number of methoxy groups -OCH3 is 2. The quantitative estimate of drug-likeness (QED) is 0.496. The van der Waals surface area contributed by atoms with E-state index in [9.17, 15) is 9.59 Å². The Hall–Kier alpha value is -3.59. The Morgan fingerprint density at radius 3 is 2.57 bits per heavy atom. The number of fused-ring (bicyclic) bond motifs is 2. The number of nitrogens with one attached hydrogen (secondary N) is 2. The molecule has 0 spiro atoms. The number of hydrogen-bond donors (Lipinski definition) is 2. The first-order valence-corrected chi connectivity index (χ1v) is 9.97. The molecule has 0 fully saturated rings. The van der Waals surface area contributed by atoms with E-state index >= 15 is 0 Å². The van der Waals surface area contributed by atoms with Crippen LogP contribution in [-0.4, -0.2) is 42.1 Å². The molecule has 0 aliphatic rings. The molecule has 2 aromatic carbocycles. The molecule has 30 heavy (non-hydrogen) atoms. The van der Waals surface area contributed by atoms with Crippen molar-refractivity contribution in [3.63, 3.8) is 0 Å². The first-order chi connectivity index (χ1) is 14.5. The number of carbonyl (C=O) groups is 2. The van der Waals surface area contributed by atoms with Gasteiger partial charge in [-0.25, -0.2) is 4.98 Å². The number of ether oxygens (including phenoxy) is 2. The van der Waals surface area contributed by atoms with Crippen LogP contribution in [0.3, 0.4) is 0 Å². The average Bonchev–Trinajstić information content (AvgIpc) is 3.30. The van der Waals surface area contributed by atoms with Gasteiger partial charge in [0.15, 0.2) is 16.6 Å². The summed E-state index contributed by atoms with van der Waals surface area (Å²) in [5.41, 5.74) is 2.06. The van der Waals surface area contributed by atoms with E-state index in [1.807, 2.05) is 36.4 Å². The summed E-state index contributed by atoms with van der Waals surface area (Å²) in [5.74, 6) is 0.460. The molecule has 4 aromatic rings. The van der Waals surface area contributed by atoms with E-state index in [-0.39, 0.29) is 18.4 Å². The molecule has 0 radical (unpaired) electrons. The Morgan fingerprint density at radius 2 is 1.83 bits per heavy atom. The number of nitrogens with zero attached hydrogens (tertiary/aromatic N) is 2. The average molecular weight is 424 g/mol. The molecule has 4 rings (SSSR count). The monoisotopic (exact) mass is 424 g/mol. The van der Waals surface area contributed by atoms with Crippen LogP contribution in [0.1, 0.15) is 10.5 Å². The van der Waals surface area contributed by atoms with Gasteiger partial charge in [0, 0.05) is 18.5 Å². The zero-order valence-electron chi connectivity index (χ0n) is 16.7. The first kappa shape index (κ1) is 19.7. The SMILES string of the molecule is COc1cc2cc(C(=O)NCC(=O)Nc3nc4ccccc4s3)n(C)c2cc1OC. The van der Waals surface area contributed by atoms with Gasteiger partial charge in [0.1, 0.15) is 5.69 Å². The van der Waals surface area contributed by atoms with Crippen molar-refractivity contribution in [2.75, 3.05) is 26.1 Å². The zero-order valence-corrected chi connectivity index (χ0v) is 17.5. The lowest BCUT2D eigenvalue weighted by molar-refractivity contribution is -0.115. The fourth-order valence-corrected chi connectivity index (χ4v) is 4.10. The smallest absolute Gasteiger partial charge is 0.268 e. The number of para-hydroxylation sites is 1. The highest BCUT2D eigenvalue weighted by molar-refractivity contribution is 7.22. The van der Waals surface area contributed by atoms with Crippen LogP contribution < -0.4 is 20.1 Å². The summed E-state index contributed by atoms with van der Waals surface area (Å²) >= 11 is 1.38. The number of carbonyl (C=O) groups excluding carboxylic acids is 2. The second-order valence-electron chi connectivity index (χ2n) is 6.57. The highest BCUT2D eigenvalue weighted by atomic mass is 32.1. The number of aryl methyl sites for hydroxylation is 1. The molecule has 2 aromatic heterocycles. The molecule has 0 saturated carbocycles. The lowest BCUT2D eigenvalue weighted by Crippen LogP contribution is -2.33. The summed E-state index contributed by atoms with van der Waals surface area (Å²) in [4.78, 5) is 29.3. The third-order valence-corrected chi connectivity index (χ3v) is 5.68. The predicted octanol–water partition coefficient (Wildman–Crippen LogP) is 3.17. The summed E-state index contributed by atoms with van der Waals surface area (Å²) in [6.07, 6.45) is 0. The van der Waals surface area contributed by atoms with Gasteiger partial charge in [-0.1, -0.05) is 23.5 Å². The van der Waals surface area contributed by atoms with Crippen molar-refractivity contribution in [1.82, 2.24) is 14.9 Å². The van der Waals surface area contributed by atoms with Gasteiger partial charge in [-0.05, 0) is 24.3 Å². The van der Waals surface area contributed by atoms with Crippen LogP contribution in [0.25, 0.3) is 21.1 Å². The van der Waals surface area contributed by atoms with E-state index in [1.165, 1.54) is 11.3 Å². The molecule has 9 heteroatoms. The number of benzene rings is 2. The number of amides is 2. The van der Waals surface area contributed by atoms with Crippen molar-refractivity contribution in [3.8, 4) is 11.5 Å². The van der Waals surface area contributed by atoms with Gasteiger partial charge in [-0.2, -0.15) is 0 Å². The standard InChI is InChI=1S/C21H20N4O4S/c1-25-14-10-17(29-3)16(28-2)9-12(14)8-15(25)20(27)22-11-19(26)24-21-23-13-6-4-5-7-18(13)30-21/h4-10H,11H2,1-3H3,(H,22,27)(H,23,24,26). The van der Waals surface area contributed by atoms with Gasteiger partial charge in [-0.3, -0.25) is 9.59 Å². The van der Waals surface area contributed by atoms with Gasteiger partial charge in [-0.15, -0.1) is 0 Å². The molecular formula is C21H20N4O4S. The van der Waals surface area contributed by atoms with Crippen LogP contribution in [0, 0.1) is 0 Å². The van der Waals surface area contributed by atoms with Crippen molar-refractivity contribution in [2.45, 2.75) is 0 Å². The molecule has 2 amide bonds. The van der Waals surface area contributed by atoms with Crippen LogP contribution in [0.2, 0.25) is 0 Å². The molecule has 0 bridgehead atoms. The lowest BCUT2D eigenvalue weighted by Gasteiger charge is -2.09. The minimum Gasteiger partial charge on any atom is -0.493 e. The highest BCUT2D eigenvalue weighted by Crippen LogP contribution is 2.33. The molecule has 154 valence electrons. The van der Waals surface area contributed by atoms with Crippen molar-refractivity contribution in [1.29, 1.82) is 0 Å². The van der Waals surface area contributed by atoms with Gasteiger partial charge < -0.3 is 24.7 Å². The number of rotatable bonds is 6. The first-order valence-electron chi connectivity index (χ1n) is 9.15. The van der Waals surface area contributed by atoms with Gasteiger partial charge >= 0.3 is 0 Å². The van der Waals surface area contributed by atoms with E-state index in [2.05, 4.69) is 15.6 Å². The molecule has 2 heterocycles. The second-order valence-corrected chi connectivity index (χ2v) is 7.60. The van der Waals surface area contributed by atoms with Crippen LogP contribution in [0.5, 0.6) is 11.5 Å². The Kier molecular flexibility index (Phi) is 5.28. The van der Waals surface area contributed by atoms with Crippen LogP contribution >= 0.6 is 11.3 Å². The largest absolute Gasteiger partial charge is 0.493 e. The maximum atomic E-state index is 12.7. The summed E-state index contributed by atoms with van der Waals surface area (Å²) in [5, 5.41) is 6.71. The van der Waals surface area contributed by atoms with Crippen LogP contribution in [-0.2, 0) is 11.8 Å². The van der Waals surface area contributed by atoms with Crippen molar-refractivity contribution < 1.29 is 19.1 Å². The number of aromatic nitrogens is 2. The van der Waals surface area contributed by atoms with Gasteiger partial charge in [0.2, 0.25) is 5.91 Å². The maximum absolute atomic E-state index is 12.7. The lowest BCUT2D eigenvalue weighted by atomic mass is 10.2. The maximum Gasteiger partial charge on any atom is 0.268 e.